The van der Waals surface area contributed by atoms with E-state index in [1.165, 1.54) is 10.9 Å². The summed E-state index contributed by atoms with van der Waals surface area (Å²) in [6.45, 7) is -0.203. The van der Waals surface area contributed by atoms with E-state index in [1.54, 1.807) is 0 Å². The van der Waals surface area contributed by atoms with E-state index >= 15 is 0 Å². The van der Waals surface area contributed by atoms with Crippen LogP contribution in [0.5, 0.6) is 5.88 Å². The Kier molecular flexibility index (Phi) is 4.01. The van der Waals surface area contributed by atoms with Gasteiger partial charge in [0.2, 0.25) is 5.88 Å². The number of anilines is 1. The number of aromatic nitrogens is 3. The number of carbonyl (C=O) groups is 1. The summed E-state index contributed by atoms with van der Waals surface area (Å²) in [4.78, 5) is 17.8. The number of aryl methyl sites for hydroxylation is 1. The number of carbonyl (C=O) groups excluding carboxylic acids is 1. The number of ether oxygens (including phenoxy) is 1. The molecule has 11 heteroatoms. The number of fused-ring (bicyclic) bond motifs is 4. The number of alkyl halides is 1. The summed E-state index contributed by atoms with van der Waals surface area (Å²) in [5.41, 5.74) is 5.29. The zero-order valence-electron chi connectivity index (χ0n) is 16.9. The van der Waals surface area contributed by atoms with Crippen molar-refractivity contribution >= 4 is 21.6 Å². The van der Waals surface area contributed by atoms with Crippen LogP contribution in [0, 0.1) is 0 Å². The van der Waals surface area contributed by atoms with Crippen molar-refractivity contribution in [3.8, 4) is 5.88 Å². The van der Waals surface area contributed by atoms with E-state index in [-0.39, 0.29) is 29.3 Å². The molecule has 0 aromatic carbocycles. The first-order valence-electron chi connectivity index (χ1n) is 10.6. The topological polar surface area (TPSA) is 124 Å². The molecule has 3 heterocycles. The first-order valence-corrected chi connectivity index (χ1v) is 12.2. The van der Waals surface area contributed by atoms with Crippen LogP contribution in [0.25, 0.3) is 0 Å². The predicted molar refractivity (Wildman–Crippen MR) is 110 cm³/mol. The van der Waals surface area contributed by atoms with E-state index in [0.29, 0.717) is 0 Å². The molecule has 6 rings (SSSR count). The Morgan fingerprint density at radius 1 is 1.32 bits per heavy atom. The minimum atomic E-state index is -3.62. The molecule has 4 aliphatic rings. The van der Waals surface area contributed by atoms with Crippen LogP contribution >= 0.6 is 0 Å². The molecular weight excluding hydrogens is 423 g/mol. The van der Waals surface area contributed by atoms with Gasteiger partial charge in [-0.05, 0) is 56.1 Å². The van der Waals surface area contributed by atoms with Gasteiger partial charge in [-0.25, -0.2) is 23.2 Å². The van der Waals surface area contributed by atoms with Gasteiger partial charge in [-0.3, -0.25) is 4.98 Å². The predicted octanol–water partition coefficient (Wildman–Crippen LogP) is 2.41. The van der Waals surface area contributed by atoms with Gasteiger partial charge in [0, 0.05) is 11.1 Å². The maximum Gasteiger partial charge on any atom is 0.354 e. The standard InChI is InChI=1S/C20H23FN6O3S/c21-11-9-27-18(30-10-11)15(8-23-27)31(22,29)26-19(28)25-16-12-2-1-3-14(12)24-17-13(16)4-5-20(17)6-7-20/h8,11H,1-7,9-10H2,(H3,22,24,25,26,28,29). The number of rotatable bonds is 2. The molecule has 2 atom stereocenters. The largest absolute Gasteiger partial charge is 0.474 e. The fourth-order valence-corrected chi connectivity index (χ4v) is 6.12. The van der Waals surface area contributed by atoms with Crippen molar-refractivity contribution in [2.45, 2.75) is 68.0 Å². The average Bonchev–Trinajstić information content (AvgIpc) is 3.04. The minimum Gasteiger partial charge on any atom is -0.474 e. The number of nitrogens with two attached hydrogens (primary N) is 1. The van der Waals surface area contributed by atoms with Crippen LogP contribution < -0.4 is 15.2 Å². The second-order valence-corrected chi connectivity index (χ2v) is 10.6. The van der Waals surface area contributed by atoms with Crippen LogP contribution in [0.15, 0.2) is 15.5 Å². The molecule has 31 heavy (non-hydrogen) atoms. The molecule has 2 aromatic rings. The monoisotopic (exact) mass is 446 g/mol. The number of halogens is 1. The maximum absolute atomic E-state index is 13.5. The molecule has 2 unspecified atom stereocenters. The third-order valence-electron chi connectivity index (χ3n) is 6.83. The highest BCUT2D eigenvalue weighted by Gasteiger charge is 2.51. The first-order chi connectivity index (χ1) is 14.9. The van der Waals surface area contributed by atoms with Crippen LogP contribution in [0.2, 0.25) is 0 Å². The zero-order valence-corrected chi connectivity index (χ0v) is 17.7. The number of amides is 2. The van der Waals surface area contributed by atoms with E-state index in [9.17, 15) is 13.4 Å². The summed E-state index contributed by atoms with van der Waals surface area (Å²) in [5.74, 6) is 0.0966. The van der Waals surface area contributed by atoms with E-state index in [0.717, 1.165) is 73.1 Å². The molecule has 1 fully saturated rings. The average molecular weight is 447 g/mol. The van der Waals surface area contributed by atoms with E-state index < -0.39 is 22.1 Å². The van der Waals surface area contributed by atoms with Gasteiger partial charge in [0.15, 0.2) is 16.1 Å². The summed E-state index contributed by atoms with van der Waals surface area (Å²) in [6, 6.07) is -0.772. The van der Waals surface area contributed by atoms with Crippen molar-refractivity contribution in [3.63, 3.8) is 0 Å². The van der Waals surface area contributed by atoms with Gasteiger partial charge in [0.1, 0.15) is 11.5 Å². The van der Waals surface area contributed by atoms with Crippen molar-refractivity contribution < 1.29 is 18.1 Å². The Hall–Kier alpha value is -2.53. The molecule has 9 nitrogen and oxygen atoms in total. The number of nitrogens with one attached hydrogen (secondary N) is 1. The zero-order chi connectivity index (χ0) is 21.4. The van der Waals surface area contributed by atoms with Crippen LogP contribution in [0.4, 0.5) is 14.9 Å². The highest BCUT2D eigenvalue weighted by atomic mass is 32.2. The molecule has 1 saturated carbocycles. The summed E-state index contributed by atoms with van der Waals surface area (Å²) in [6.07, 6.45) is 7.00. The van der Waals surface area contributed by atoms with Crippen molar-refractivity contribution in [3.05, 3.63) is 28.7 Å². The second kappa shape index (κ2) is 6.49. The fourth-order valence-electron chi connectivity index (χ4n) is 5.12. The van der Waals surface area contributed by atoms with Crippen LogP contribution in [-0.4, -0.2) is 37.8 Å². The number of urea groups is 1. The van der Waals surface area contributed by atoms with Crippen LogP contribution in [0.3, 0.4) is 0 Å². The lowest BCUT2D eigenvalue weighted by Gasteiger charge is -2.19. The Bertz CT molecular complexity index is 1240. The summed E-state index contributed by atoms with van der Waals surface area (Å²) in [5, 5.41) is 12.8. The highest BCUT2D eigenvalue weighted by molar-refractivity contribution is 7.91. The molecular formula is C20H23FN6O3S. The molecule has 3 aliphatic carbocycles. The molecule has 1 spiro atoms. The van der Waals surface area contributed by atoms with Gasteiger partial charge in [-0.1, -0.05) is 0 Å². The number of nitrogens with zero attached hydrogens (tertiary/aromatic N) is 4. The van der Waals surface area contributed by atoms with Gasteiger partial charge in [-0.15, -0.1) is 4.36 Å². The molecule has 0 radical (unpaired) electrons. The van der Waals surface area contributed by atoms with Crippen molar-refractivity contribution in [2.24, 2.45) is 9.50 Å². The molecule has 2 amide bonds. The molecule has 164 valence electrons. The normalized spacial score (nSPS) is 24.0. The molecule has 0 saturated heterocycles. The molecule has 3 N–H and O–H groups in total. The Balaban J connectivity index is 1.35. The Labute approximate surface area is 178 Å². The molecule has 1 aliphatic heterocycles. The van der Waals surface area contributed by atoms with Crippen molar-refractivity contribution in [1.82, 2.24) is 14.8 Å². The van der Waals surface area contributed by atoms with Gasteiger partial charge >= 0.3 is 6.03 Å². The first kappa shape index (κ1) is 19.2. The van der Waals surface area contributed by atoms with Gasteiger partial charge in [0.25, 0.3) is 0 Å². The minimum absolute atomic E-state index is 0.00308. The molecule has 0 bridgehead atoms. The van der Waals surface area contributed by atoms with Gasteiger partial charge in [-0.2, -0.15) is 5.10 Å². The second-order valence-electron chi connectivity index (χ2n) is 8.87. The number of hydrogen-bond acceptors (Lipinski definition) is 5. The quantitative estimate of drug-likeness (QED) is 0.733. The SMILES string of the molecule is NS(=O)(=NC(=O)Nc1c2c(nc3c1CCC31CC1)CCC2)c1cnn2c1OCC(F)C2. The van der Waals surface area contributed by atoms with E-state index in [1.807, 2.05) is 0 Å². The van der Waals surface area contributed by atoms with Gasteiger partial charge < -0.3 is 10.1 Å². The lowest BCUT2D eigenvalue weighted by molar-refractivity contribution is 0.122. The lowest BCUT2D eigenvalue weighted by atomic mass is 10.0. The smallest absolute Gasteiger partial charge is 0.354 e. The third-order valence-corrected chi connectivity index (χ3v) is 8.18. The summed E-state index contributed by atoms with van der Waals surface area (Å²) >= 11 is 0. The maximum atomic E-state index is 13.5. The highest BCUT2D eigenvalue weighted by Crippen LogP contribution is 2.58. The molecule has 2 aromatic heterocycles. The lowest BCUT2D eigenvalue weighted by Crippen LogP contribution is -2.28. The Morgan fingerprint density at radius 2 is 2.16 bits per heavy atom. The fraction of sp³-hybridized carbons (Fsp3) is 0.550. The number of pyridine rings is 1. The van der Waals surface area contributed by atoms with Crippen molar-refractivity contribution in [1.29, 1.82) is 0 Å². The van der Waals surface area contributed by atoms with E-state index in [4.69, 9.17) is 14.9 Å². The van der Waals surface area contributed by atoms with Gasteiger partial charge in [0.05, 0.1) is 24.1 Å². The third kappa shape index (κ3) is 2.97. The summed E-state index contributed by atoms with van der Waals surface area (Å²) in [7, 11) is -3.62. The van der Waals surface area contributed by atoms with Crippen LogP contribution in [-0.2, 0) is 41.1 Å². The Morgan fingerprint density at radius 3 is 2.97 bits per heavy atom. The summed E-state index contributed by atoms with van der Waals surface area (Å²) < 4.78 is 37.0. The van der Waals surface area contributed by atoms with Crippen LogP contribution in [0.1, 0.15) is 48.2 Å². The van der Waals surface area contributed by atoms with E-state index in [2.05, 4.69) is 14.8 Å². The number of hydrogen-bond donors (Lipinski definition) is 2. The van der Waals surface area contributed by atoms with Crippen molar-refractivity contribution in [2.75, 3.05) is 11.9 Å².